The number of fused-ring (bicyclic) bond motifs is 1. The minimum atomic E-state index is -0.132. The normalized spacial score (nSPS) is 13.4. The molecule has 1 aromatic heterocycles. The summed E-state index contributed by atoms with van der Waals surface area (Å²) in [6, 6.07) is 29.0. The van der Waals surface area contributed by atoms with Gasteiger partial charge < -0.3 is 9.78 Å². The third-order valence-electron chi connectivity index (χ3n) is 5.33. The fourth-order valence-corrected chi connectivity index (χ4v) is 4.12. The molecule has 0 unspecified atom stereocenters. The van der Waals surface area contributed by atoms with E-state index in [9.17, 15) is 4.79 Å². The van der Waals surface area contributed by atoms with Gasteiger partial charge in [0.15, 0.2) is 0 Å². The van der Waals surface area contributed by atoms with Gasteiger partial charge in [0.2, 0.25) is 0 Å². The summed E-state index contributed by atoms with van der Waals surface area (Å²) in [6.45, 7) is 2.11. The summed E-state index contributed by atoms with van der Waals surface area (Å²) in [7, 11) is 0. The van der Waals surface area contributed by atoms with E-state index < -0.39 is 0 Å². The first kappa shape index (κ1) is 17.3. The van der Waals surface area contributed by atoms with E-state index in [2.05, 4.69) is 66.5 Å². The predicted octanol–water partition coefficient (Wildman–Crippen LogP) is 5.67. The van der Waals surface area contributed by atoms with Gasteiger partial charge in [-0.3, -0.25) is 0 Å². The highest BCUT2D eigenvalue weighted by Crippen LogP contribution is 2.39. The van der Waals surface area contributed by atoms with Gasteiger partial charge in [0, 0.05) is 28.4 Å². The highest BCUT2D eigenvalue weighted by atomic mass is 16.1. The third kappa shape index (κ3) is 3.43. The number of hydrogen-bond acceptors (Lipinski definition) is 1. The molecule has 27 heavy (non-hydrogen) atoms. The van der Waals surface area contributed by atoms with Gasteiger partial charge >= 0.3 is 0 Å². The van der Waals surface area contributed by atoms with Crippen molar-refractivity contribution < 1.29 is 4.79 Å². The van der Waals surface area contributed by atoms with E-state index in [1.54, 1.807) is 0 Å². The molecule has 0 saturated carbocycles. The SMILES string of the molecule is Cc1[nH]c2ccccc2c1[C@@H](c1ccccc1)[C@@H](C=O)Cc1ccccc1. The largest absolute Gasteiger partial charge is 0.358 e. The molecule has 0 saturated heterocycles. The Morgan fingerprint density at radius 1 is 0.852 bits per heavy atom. The molecule has 0 aliphatic heterocycles. The highest BCUT2D eigenvalue weighted by molar-refractivity contribution is 5.86. The van der Waals surface area contributed by atoms with Crippen LogP contribution >= 0.6 is 0 Å². The fraction of sp³-hybridized carbons (Fsp3) is 0.160. The second-order valence-electron chi connectivity index (χ2n) is 7.09. The van der Waals surface area contributed by atoms with Crippen LogP contribution in [0.25, 0.3) is 10.9 Å². The number of rotatable bonds is 6. The van der Waals surface area contributed by atoms with E-state index in [-0.39, 0.29) is 11.8 Å². The third-order valence-corrected chi connectivity index (χ3v) is 5.33. The smallest absolute Gasteiger partial charge is 0.124 e. The average molecular weight is 353 g/mol. The lowest BCUT2D eigenvalue weighted by Crippen LogP contribution is -2.19. The van der Waals surface area contributed by atoms with Crippen molar-refractivity contribution in [2.75, 3.05) is 0 Å². The van der Waals surface area contributed by atoms with E-state index in [4.69, 9.17) is 0 Å². The maximum atomic E-state index is 12.3. The molecule has 2 atom stereocenters. The number of aromatic amines is 1. The number of aldehydes is 1. The number of carbonyl (C=O) groups is 1. The van der Waals surface area contributed by atoms with Crippen LogP contribution in [0.5, 0.6) is 0 Å². The topological polar surface area (TPSA) is 32.9 Å². The molecular formula is C25H23NO. The van der Waals surface area contributed by atoms with Crippen molar-refractivity contribution in [3.05, 3.63) is 107 Å². The van der Waals surface area contributed by atoms with Gasteiger partial charge in [0.05, 0.1) is 0 Å². The van der Waals surface area contributed by atoms with Crippen LogP contribution in [0.4, 0.5) is 0 Å². The minimum Gasteiger partial charge on any atom is -0.358 e. The molecule has 0 radical (unpaired) electrons. The van der Waals surface area contributed by atoms with Gasteiger partial charge in [-0.2, -0.15) is 0 Å². The van der Waals surface area contributed by atoms with Gasteiger partial charge in [-0.1, -0.05) is 78.9 Å². The Morgan fingerprint density at radius 2 is 1.48 bits per heavy atom. The molecular weight excluding hydrogens is 330 g/mol. The lowest BCUT2D eigenvalue weighted by molar-refractivity contribution is -0.111. The van der Waals surface area contributed by atoms with Crippen LogP contribution in [0.15, 0.2) is 84.9 Å². The predicted molar refractivity (Wildman–Crippen MR) is 111 cm³/mol. The van der Waals surface area contributed by atoms with Crippen LogP contribution in [0.3, 0.4) is 0 Å². The lowest BCUT2D eigenvalue weighted by Gasteiger charge is -2.25. The molecule has 3 aromatic carbocycles. The van der Waals surface area contributed by atoms with Crippen LogP contribution < -0.4 is 0 Å². The second-order valence-corrected chi connectivity index (χ2v) is 7.09. The van der Waals surface area contributed by atoms with Crippen molar-refractivity contribution in [2.45, 2.75) is 19.3 Å². The first-order valence-electron chi connectivity index (χ1n) is 9.39. The van der Waals surface area contributed by atoms with Crippen LogP contribution in [-0.4, -0.2) is 11.3 Å². The van der Waals surface area contributed by atoms with Crippen molar-refractivity contribution in [3.8, 4) is 0 Å². The number of aromatic nitrogens is 1. The Morgan fingerprint density at radius 3 is 2.19 bits per heavy atom. The van der Waals surface area contributed by atoms with E-state index in [0.29, 0.717) is 0 Å². The molecule has 4 rings (SSSR count). The minimum absolute atomic E-state index is 0.0139. The van der Waals surface area contributed by atoms with E-state index in [1.807, 2.05) is 30.3 Å². The maximum Gasteiger partial charge on any atom is 0.124 e. The van der Waals surface area contributed by atoms with Crippen molar-refractivity contribution in [2.24, 2.45) is 5.92 Å². The van der Waals surface area contributed by atoms with Crippen molar-refractivity contribution in [1.29, 1.82) is 0 Å². The fourth-order valence-electron chi connectivity index (χ4n) is 4.12. The lowest BCUT2D eigenvalue weighted by atomic mass is 9.77. The summed E-state index contributed by atoms with van der Waals surface area (Å²) in [5.74, 6) is -0.118. The molecule has 2 heteroatoms. The van der Waals surface area contributed by atoms with Gasteiger partial charge in [-0.15, -0.1) is 0 Å². The molecule has 2 nitrogen and oxygen atoms in total. The van der Waals surface area contributed by atoms with Crippen LogP contribution in [0, 0.1) is 12.8 Å². The summed E-state index contributed by atoms with van der Waals surface area (Å²) in [5, 5.41) is 1.20. The average Bonchev–Trinajstić information content (AvgIpc) is 3.05. The van der Waals surface area contributed by atoms with Gasteiger partial charge in [0.1, 0.15) is 6.29 Å². The van der Waals surface area contributed by atoms with E-state index >= 15 is 0 Å². The monoisotopic (exact) mass is 353 g/mol. The summed E-state index contributed by atoms with van der Waals surface area (Å²) in [4.78, 5) is 15.8. The molecule has 0 fully saturated rings. The zero-order valence-electron chi connectivity index (χ0n) is 15.4. The first-order chi connectivity index (χ1) is 13.3. The molecule has 134 valence electrons. The van der Waals surface area contributed by atoms with Gasteiger partial charge in [-0.25, -0.2) is 0 Å². The number of aryl methyl sites for hydroxylation is 1. The first-order valence-corrected chi connectivity index (χ1v) is 9.39. The zero-order chi connectivity index (χ0) is 18.6. The standard InChI is InChI=1S/C25H23NO/c1-18-24(22-14-8-9-15-23(22)26-18)25(20-12-6-3-7-13-20)21(17-27)16-19-10-4-2-5-11-19/h2-15,17,21,25-26H,16H2,1H3/t21-,25+/m1/s1. The number of carbonyl (C=O) groups excluding carboxylic acids is 1. The van der Waals surface area contributed by atoms with E-state index in [0.717, 1.165) is 23.9 Å². The van der Waals surface area contributed by atoms with Crippen molar-refractivity contribution in [3.63, 3.8) is 0 Å². The molecule has 0 bridgehead atoms. The molecule has 0 aliphatic rings. The number of para-hydroxylation sites is 1. The highest BCUT2D eigenvalue weighted by Gasteiger charge is 2.28. The Hall–Kier alpha value is -3.13. The quantitative estimate of drug-likeness (QED) is 0.445. The Balaban J connectivity index is 1.86. The zero-order valence-corrected chi connectivity index (χ0v) is 15.4. The molecule has 4 aromatic rings. The van der Waals surface area contributed by atoms with Crippen LogP contribution in [-0.2, 0) is 11.2 Å². The van der Waals surface area contributed by atoms with E-state index in [1.165, 1.54) is 22.1 Å². The number of nitrogens with one attached hydrogen (secondary N) is 1. The van der Waals surface area contributed by atoms with Gasteiger partial charge in [-0.05, 0) is 36.1 Å². The summed E-state index contributed by atoms with van der Waals surface area (Å²) >= 11 is 0. The van der Waals surface area contributed by atoms with Gasteiger partial charge in [0.25, 0.3) is 0 Å². The van der Waals surface area contributed by atoms with Crippen LogP contribution in [0.2, 0.25) is 0 Å². The molecule has 0 amide bonds. The van der Waals surface area contributed by atoms with Crippen molar-refractivity contribution in [1.82, 2.24) is 4.98 Å². The number of hydrogen-bond donors (Lipinski definition) is 1. The second kappa shape index (κ2) is 7.63. The van der Waals surface area contributed by atoms with Crippen molar-refractivity contribution >= 4 is 17.2 Å². The Labute approximate surface area is 159 Å². The maximum absolute atomic E-state index is 12.3. The number of benzene rings is 3. The number of H-pyrrole nitrogens is 1. The molecule has 1 N–H and O–H groups in total. The summed E-state index contributed by atoms with van der Waals surface area (Å²) in [6.07, 6.45) is 1.86. The molecule has 0 spiro atoms. The summed E-state index contributed by atoms with van der Waals surface area (Å²) < 4.78 is 0. The molecule has 0 aliphatic carbocycles. The molecule has 1 heterocycles. The Bertz CT molecular complexity index is 1030. The Kier molecular flexibility index (Phi) is 4.88. The summed E-state index contributed by atoms with van der Waals surface area (Å²) in [5.41, 5.74) is 5.84. The van der Waals surface area contributed by atoms with Crippen LogP contribution in [0.1, 0.15) is 28.3 Å².